The number of hydrogen-bond donors (Lipinski definition) is 3. The lowest BCUT2D eigenvalue weighted by molar-refractivity contribution is -0.144. The minimum Gasteiger partial charge on any atom is -0.480 e. The summed E-state index contributed by atoms with van der Waals surface area (Å²) in [4.78, 5) is 23.1. The van der Waals surface area contributed by atoms with Crippen molar-refractivity contribution in [3.63, 3.8) is 0 Å². The van der Waals surface area contributed by atoms with Crippen molar-refractivity contribution in [2.24, 2.45) is 0 Å². The monoisotopic (exact) mass is 406 g/mol. The second-order valence-electron chi connectivity index (χ2n) is 5.08. The lowest BCUT2D eigenvalue weighted by Gasteiger charge is -2.24. The van der Waals surface area contributed by atoms with Crippen molar-refractivity contribution in [3.8, 4) is 0 Å². The molecule has 0 saturated heterocycles. The van der Waals surface area contributed by atoms with Gasteiger partial charge in [0.1, 0.15) is 5.54 Å². The molecule has 7 heteroatoms. The molecule has 0 saturated carbocycles. The van der Waals surface area contributed by atoms with Crippen molar-refractivity contribution in [3.05, 3.63) is 35.9 Å². The Kier molecular flexibility index (Phi) is 7.06. The molecule has 1 aromatic rings. The van der Waals surface area contributed by atoms with Crippen LogP contribution >= 0.6 is 22.9 Å². The van der Waals surface area contributed by atoms with Gasteiger partial charge in [0.2, 0.25) is 5.91 Å². The highest BCUT2D eigenvalue weighted by molar-refractivity contribution is 14.1. The Morgan fingerprint density at radius 2 is 1.95 bits per heavy atom. The van der Waals surface area contributed by atoms with E-state index in [-0.39, 0.29) is 6.61 Å². The lowest BCUT2D eigenvalue weighted by Crippen LogP contribution is -2.55. The lowest BCUT2D eigenvalue weighted by atomic mass is 10.1. The van der Waals surface area contributed by atoms with Gasteiger partial charge in [-0.1, -0.05) is 30.3 Å². The van der Waals surface area contributed by atoms with Crippen LogP contribution in [0.4, 0.5) is 0 Å². The minimum absolute atomic E-state index is 0.0900. The van der Waals surface area contributed by atoms with Gasteiger partial charge in [0, 0.05) is 22.9 Å². The van der Waals surface area contributed by atoms with E-state index in [1.165, 1.54) is 0 Å². The summed E-state index contributed by atoms with van der Waals surface area (Å²) in [5.74, 6) is -1.52. The molecule has 6 nitrogen and oxygen atoms in total. The Morgan fingerprint density at radius 3 is 2.48 bits per heavy atom. The maximum Gasteiger partial charge on any atom is 0.328 e. The third-order valence-corrected chi connectivity index (χ3v) is 4.15. The van der Waals surface area contributed by atoms with Gasteiger partial charge in [0.05, 0.1) is 13.2 Å². The van der Waals surface area contributed by atoms with Crippen LogP contribution in [0.25, 0.3) is 0 Å². The molecule has 3 N–H and O–H groups in total. The number of amides is 1. The number of carbonyl (C=O) groups is 2. The van der Waals surface area contributed by atoms with E-state index in [0.717, 1.165) is 5.56 Å². The van der Waals surface area contributed by atoms with Gasteiger partial charge in [0.25, 0.3) is 0 Å². The van der Waals surface area contributed by atoms with Crippen LogP contribution in [0, 0.1) is 0 Å². The predicted octanol–water partition coefficient (Wildman–Crippen LogP) is 1.49. The molecule has 0 unspecified atom stereocenters. The third kappa shape index (κ3) is 5.98. The first-order valence-corrected chi connectivity index (χ1v) is 7.48. The molecular formula is C14H19IN2O4. The van der Waals surface area contributed by atoms with Gasteiger partial charge in [-0.05, 0) is 19.4 Å². The first-order valence-electron chi connectivity index (χ1n) is 6.40. The average Bonchev–Trinajstić information content (AvgIpc) is 2.46. The highest BCUT2D eigenvalue weighted by Crippen LogP contribution is 2.06. The van der Waals surface area contributed by atoms with Crippen LogP contribution in [0.3, 0.4) is 0 Å². The molecule has 0 aromatic heterocycles. The van der Waals surface area contributed by atoms with E-state index in [1.54, 1.807) is 13.8 Å². The summed E-state index contributed by atoms with van der Waals surface area (Å²) in [6.45, 7) is 3.54. The van der Waals surface area contributed by atoms with Crippen LogP contribution in [-0.2, 0) is 20.9 Å². The van der Waals surface area contributed by atoms with E-state index in [4.69, 9.17) is 9.84 Å². The van der Waals surface area contributed by atoms with Crippen molar-refractivity contribution in [2.75, 3.05) is 6.61 Å². The average molecular weight is 406 g/mol. The number of rotatable bonds is 8. The highest BCUT2D eigenvalue weighted by Gasteiger charge is 2.30. The largest absolute Gasteiger partial charge is 0.480 e. The number of nitrogens with one attached hydrogen (secondary N) is 2. The van der Waals surface area contributed by atoms with Crippen molar-refractivity contribution >= 4 is 34.7 Å². The van der Waals surface area contributed by atoms with Crippen molar-refractivity contribution in [2.45, 2.75) is 32.0 Å². The molecule has 0 aliphatic heterocycles. The number of carboxylic acids is 1. The molecule has 0 aliphatic carbocycles. The summed E-state index contributed by atoms with van der Waals surface area (Å²) in [5.41, 5.74) is 0.0930. The summed E-state index contributed by atoms with van der Waals surface area (Å²) in [7, 11) is 0. The standard InChI is InChI=1S/C14H19IN2O4/c1-14(2,17-15)13(20)16-11(12(18)19)9-21-8-10-6-4-3-5-7-10/h3-7,11,17H,8-9H2,1-2H3,(H,16,20)(H,18,19)/t11-/m1/s1. The number of carbonyl (C=O) groups excluding carboxylic acids is 1. The van der Waals surface area contributed by atoms with Gasteiger partial charge in [-0.3, -0.25) is 4.79 Å². The maximum atomic E-state index is 11.9. The molecule has 116 valence electrons. The quantitative estimate of drug-likeness (QED) is 0.450. The van der Waals surface area contributed by atoms with Gasteiger partial charge in [0.15, 0.2) is 6.04 Å². The Balaban J connectivity index is 2.51. The number of carboxylic acid groups (broad SMARTS) is 1. The molecular weight excluding hydrogens is 387 g/mol. The number of ether oxygens (including phenoxy) is 1. The van der Waals surface area contributed by atoms with Gasteiger partial charge < -0.3 is 15.2 Å². The fourth-order valence-corrected chi connectivity index (χ4v) is 1.67. The van der Waals surface area contributed by atoms with E-state index in [1.807, 2.05) is 53.2 Å². The van der Waals surface area contributed by atoms with Crippen molar-refractivity contribution in [1.82, 2.24) is 8.85 Å². The fourth-order valence-electron chi connectivity index (χ4n) is 1.43. The molecule has 0 heterocycles. The van der Waals surface area contributed by atoms with Crippen LogP contribution in [0.15, 0.2) is 30.3 Å². The SMILES string of the molecule is CC(C)(NI)C(=O)N[C@H](COCc1ccccc1)C(=O)O. The molecule has 1 atom stereocenters. The zero-order chi connectivity index (χ0) is 15.9. The molecule has 0 radical (unpaired) electrons. The Morgan fingerprint density at radius 1 is 1.33 bits per heavy atom. The first kappa shape index (κ1) is 17.9. The number of benzene rings is 1. The molecule has 1 amide bonds. The van der Waals surface area contributed by atoms with Crippen LogP contribution in [0.1, 0.15) is 19.4 Å². The predicted molar refractivity (Wildman–Crippen MR) is 86.9 cm³/mol. The van der Waals surface area contributed by atoms with E-state index in [0.29, 0.717) is 6.61 Å². The first-order chi connectivity index (χ1) is 9.86. The van der Waals surface area contributed by atoms with E-state index < -0.39 is 23.5 Å². The normalized spacial score (nSPS) is 12.7. The summed E-state index contributed by atoms with van der Waals surface area (Å²) >= 11 is 1.86. The molecule has 0 fully saturated rings. The second-order valence-corrected chi connectivity index (χ2v) is 5.62. The number of halogens is 1. The number of hydrogen-bond acceptors (Lipinski definition) is 4. The van der Waals surface area contributed by atoms with Gasteiger partial charge in [-0.15, -0.1) is 0 Å². The Bertz CT molecular complexity index is 479. The summed E-state index contributed by atoms with van der Waals surface area (Å²) in [5, 5.41) is 11.6. The minimum atomic E-state index is -1.12. The van der Waals surface area contributed by atoms with Crippen LogP contribution in [0.2, 0.25) is 0 Å². The smallest absolute Gasteiger partial charge is 0.328 e. The summed E-state index contributed by atoms with van der Waals surface area (Å²) in [6, 6.07) is 8.34. The van der Waals surface area contributed by atoms with Crippen LogP contribution in [-0.4, -0.2) is 35.2 Å². The summed E-state index contributed by atoms with van der Waals surface area (Å²) < 4.78 is 8.16. The fraction of sp³-hybridized carbons (Fsp3) is 0.429. The van der Waals surface area contributed by atoms with Crippen LogP contribution < -0.4 is 8.85 Å². The van der Waals surface area contributed by atoms with Gasteiger partial charge in [-0.2, -0.15) is 0 Å². The van der Waals surface area contributed by atoms with Gasteiger partial charge >= 0.3 is 5.97 Å². The second kappa shape index (κ2) is 8.30. The maximum absolute atomic E-state index is 11.9. The molecule has 1 aromatic carbocycles. The van der Waals surface area contributed by atoms with Crippen molar-refractivity contribution in [1.29, 1.82) is 0 Å². The highest BCUT2D eigenvalue weighted by atomic mass is 127. The van der Waals surface area contributed by atoms with Crippen molar-refractivity contribution < 1.29 is 19.4 Å². The Hall–Kier alpha value is -1.19. The topological polar surface area (TPSA) is 87.7 Å². The molecule has 0 bridgehead atoms. The van der Waals surface area contributed by atoms with Crippen LogP contribution in [0.5, 0.6) is 0 Å². The Labute approximate surface area is 137 Å². The van der Waals surface area contributed by atoms with E-state index in [2.05, 4.69) is 8.85 Å². The molecule has 0 aliphatic rings. The van der Waals surface area contributed by atoms with E-state index in [9.17, 15) is 9.59 Å². The van der Waals surface area contributed by atoms with E-state index >= 15 is 0 Å². The zero-order valence-electron chi connectivity index (χ0n) is 11.9. The number of aliphatic carboxylic acids is 1. The summed E-state index contributed by atoms with van der Waals surface area (Å²) in [6.07, 6.45) is 0. The molecule has 21 heavy (non-hydrogen) atoms. The molecule has 0 spiro atoms. The third-order valence-electron chi connectivity index (χ3n) is 2.80. The molecule has 1 rings (SSSR count). The van der Waals surface area contributed by atoms with Gasteiger partial charge in [-0.25, -0.2) is 8.32 Å². The zero-order valence-corrected chi connectivity index (χ0v) is 14.1.